The van der Waals surface area contributed by atoms with Crippen molar-refractivity contribution in [1.29, 1.82) is 5.26 Å². The van der Waals surface area contributed by atoms with E-state index in [9.17, 15) is 14.9 Å². The molecule has 194 valence electrons. The summed E-state index contributed by atoms with van der Waals surface area (Å²) in [5.41, 5.74) is 2.48. The Bertz CT molecular complexity index is 1310. The van der Waals surface area contributed by atoms with Crippen LogP contribution in [0.1, 0.15) is 63.1 Å². The topological polar surface area (TPSA) is 98.1 Å². The third-order valence-electron chi connectivity index (χ3n) is 7.57. The van der Waals surface area contributed by atoms with Crippen molar-refractivity contribution in [3.05, 3.63) is 52.3 Å². The average Bonchev–Trinajstić information content (AvgIpc) is 3.61. The minimum Gasteiger partial charge on any atom is -0.343 e. The van der Waals surface area contributed by atoms with Crippen molar-refractivity contribution in [3.8, 4) is 17.3 Å². The summed E-state index contributed by atoms with van der Waals surface area (Å²) < 4.78 is 0. The van der Waals surface area contributed by atoms with Crippen molar-refractivity contribution in [3.63, 3.8) is 0 Å². The number of likely N-dealkylation sites (tertiary alicyclic amines) is 1. The molecule has 0 aliphatic carbocycles. The molecule has 7 nitrogen and oxygen atoms in total. The zero-order valence-electron chi connectivity index (χ0n) is 22.0. The molecule has 3 atom stereocenters. The lowest BCUT2D eigenvalue weighted by molar-refractivity contribution is -0.139. The molecular weight excluding hydrogens is 482 g/mol. The summed E-state index contributed by atoms with van der Waals surface area (Å²) >= 11 is 1.57. The maximum Gasteiger partial charge on any atom is 0.246 e. The molecule has 2 heterocycles. The van der Waals surface area contributed by atoms with E-state index in [1.165, 1.54) is 0 Å². The van der Waals surface area contributed by atoms with Gasteiger partial charge in [-0.05, 0) is 44.2 Å². The number of likely N-dealkylation sites (N-methyl/N-ethyl adjacent to an activating group) is 1. The van der Waals surface area contributed by atoms with Crippen molar-refractivity contribution in [2.24, 2.45) is 5.92 Å². The number of aromatic nitrogens is 1. The standard InChI is InChI=1S/C29H35N5O2S/c1-5-19(6-2)26(33-27(35)18(3)31-4)29(36)34-15-9-14-25(34)28-32-24(17-37-28)23-13-8-11-21-20(16-30)10-7-12-22(21)23/h7-8,10-13,17-19,25-26,31H,5-6,9,14-15H2,1-4H3,(H,33,35)/t18-,25-,26-/m0/s1. The van der Waals surface area contributed by atoms with E-state index < -0.39 is 6.04 Å². The summed E-state index contributed by atoms with van der Waals surface area (Å²) in [7, 11) is 1.74. The van der Waals surface area contributed by atoms with E-state index in [-0.39, 0.29) is 29.8 Å². The van der Waals surface area contributed by atoms with Crippen LogP contribution in [0.4, 0.5) is 0 Å². The van der Waals surface area contributed by atoms with E-state index in [1.807, 2.05) is 46.7 Å². The Morgan fingerprint density at radius 3 is 2.62 bits per heavy atom. The molecule has 2 aromatic carbocycles. The molecule has 0 bridgehead atoms. The smallest absolute Gasteiger partial charge is 0.246 e. The number of nitriles is 1. The van der Waals surface area contributed by atoms with Crippen LogP contribution in [0.3, 0.4) is 0 Å². The number of rotatable bonds is 9. The molecule has 2 N–H and O–H groups in total. The maximum atomic E-state index is 13.9. The molecule has 1 aromatic heterocycles. The van der Waals surface area contributed by atoms with Gasteiger partial charge in [0.05, 0.1) is 29.4 Å². The lowest BCUT2D eigenvalue weighted by Gasteiger charge is -2.32. The number of carbonyl (C=O) groups is 2. The van der Waals surface area contributed by atoms with Crippen LogP contribution in [-0.2, 0) is 9.59 Å². The summed E-state index contributed by atoms with van der Waals surface area (Å²) in [5.74, 6) is -0.111. The average molecular weight is 518 g/mol. The third kappa shape index (κ3) is 5.39. The van der Waals surface area contributed by atoms with Gasteiger partial charge in [0.25, 0.3) is 0 Å². The fourth-order valence-electron chi connectivity index (χ4n) is 5.21. The first kappa shape index (κ1) is 26.8. The molecule has 0 unspecified atom stereocenters. The van der Waals surface area contributed by atoms with Crippen LogP contribution in [0.15, 0.2) is 41.8 Å². The minimum atomic E-state index is -0.555. The van der Waals surface area contributed by atoms with Gasteiger partial charge in [0.2, 0.25) is 11.8 Å². The lowest BCUT2D eigenvalue weighted by Crippen LogP contribution is -2.55. The Morgan fingerprint density at radius 1 is 1.19 bits per heavy atom. The molecule has 0 radical (unpaired) electrons. The van der Waals surface area contributed by atoms with Gasteiger partial charge < -0.3 is 15.5 Å². The van der Waals surface area contributed by atoms with Gasteiger partial charge in [-0.15, -0.1) is 11.3 Å². The first-order valence-corrected chi connectivity index (χ1v) is 14.0. The molecule has 2 amide bonds. The number of amides is 2. The number of carbonyl (C=O) groups excluding carboxylic acids is 2. The number of thiazole rings is 1. The highest BCUT2D eigenvalue weighted by Crippen LogP contribution is 2.38. The third-order valence-corrected chi connectivity index (χ3v) is 8.52. The summed E-state index contributed by atoms with van der Waals surface area (Å²) in [6.07, 6.45) is 3.38. The number of fused-ring (bicyclic) bond motifs is 1. The predicted octanol–water partition coefficient (Wildman–Crippen LogP) is 5.03. The fraction of sp³-hybridized carbons (Fsp3) is 0.448. The Hall–Kier alpha value is -3.28. The highest BCUT2D eigenvalue weighted by Gasteiger charge is 2.39. The Kier molecular flexibility index (Phi) is 8.57. The summed E-state index contributed by atoms with van der Waals surface area (Å²) in [4.78, 5) is 33.5. The van der Waals surface area contributed by atoms with Crippen molar-refractivity contribution in [2.75, 3.05) is 13.6 Å². The van der Waals surface area contributed by atoms with E-state index in [2.05, 4.69) is 30.6 Å². The van der Waals surface area contributed by atoms with Crippen LogP contribution in [0.5, 0.6) is 0 Å². The number of hydrogen-bond acceptors (Lipinski definition) is 6. The highest BCUT2D eigenvalue weighted by molar-refractivity contribution is 7.10. The molecule has 1 saturated heterocycles. The van der Waals surface area contributed by atoms with Crippen LogP contribution < -0.4 is 10.6 Å². The SMILES string of the molecule is CCC(CC)[C@H](NC(=O)[C@H](C)NC)C(=O)N1CCC[C@H]1c1nc(-c2cccc3c(C#N)cccc23)cs1. The van der Waals surface area contributed by atoms with Gasteiger partial charge >= 0.3 is 0 Å². The summed E-state index contributed by atoms with van der Waals surface area (Å²) in [6, 6.07) is 12.9. The van der Waals surface area contributed by atoms with Crippen LogP contribution in [-0.4, -0.2) is 47.4 Å². The van der Waals surface area contributed by atoms with Crippen molar-refractivity contribution in [1.82, 2.24) is 20.5 Å². The molecular formula is C29H35N5O2S. The number of benzene rings is 2. The van der Waals surface area contributed by atoms with Crippen LogP contribution in [0.25, 0.3) is 22.0 Å². The van der Waals surface area contributed by atoms with Crippen LogP contribution >= 0.6 is 11.3 Å². The summed E-state index contributed by atoms with van der Waals surface area (Å²) in [6.45, 7) is 6.59. The second-order valence-corrected chi connectivity index (χ2v) is 10.5. The largest absolute Gasteiger partial charge is 0.343 e. The van der Waals surface area contributed by atoms with Gasteiger partial charge in [-0.25, -0.2) is 4.98 Å². The van der Waals surface area contributed by atoms with Gasteiger partial charge in [-0.2, -0.15) is 5.26 Å². The predicted molar refractivity (Wildman–Crippen MR) is 148 cm³/mol. The van der Waals surface area contributed by atoms with Crippen molar-refractivity contribution >= 4 is 33.9 Å². The van der Waals surface area contributed by atoms with E-state index >= 15 is 0 Å². The number of hydrogen-bond donors (Lipinski definition) is 2. The van der Waals surface area contributed by atoms with Gasteiger partial charge in [0.15, 0.2) is 0 Å². The second kappa shape index (κ2) is 11.8. The molecule has 1 aliphatic heterocycles. The van der Waals surface area contributed by atoms with E-state index in [0.717, 1.165) is 52.7 Å². The molecule has 1 fully saturated rings. The molecule has 37 heavy (non-hydrogen) atoms. The van der Waals surface area contributed by atoms with Gasteiger partial charge in [0.1, 0.15) is 11.0 Å². The Labute approximate surface area is 222 Å². The first-order chi connectivity index (χ1) is 17.9. The number of nitrogens with one attached hydrogen (secondary N) is 2. The van der Waals surface area contributed by atoms with Gasteiger partial charge in [0, 0.05) is 22.9 Å². The normalized spacial score (nSPS) is 17.1. The minimum absolute atomic E-state index is 0.0200. The first-order valence-electron chi connectivity index (χ1n) is 13.1. The Morgan fingerprint density at radius 2 is 1.92 bits per heavy atom. The summed E-state index contributed by atoms with van der Waals surface area (Å²) in [5, 5.41) is 20.4. The van der Waals surface area contributed by atoms with Crippen molar-refractivity contribution < 1.29 is 9.59 Å². The number of nitrogens with zero attached hydrogens (tertiary/aromatic N) is 3. The highest BCUT2D eigenvalue weighted by atomic mass is 32.1. The van der Waals surface area contributed by atoms with Crippen molar-refractivity contribution in [2.45, 2.75) is 64.6 Å². The second-order valence-electron chi connectivity index (χ2n) is 9.65. The van der Waals surface area contributed by atoms with Crippen LogP contribution in [0.2, 0.25) is 0 Å². The van der Waals surface area contributed by atoms with E-state index in [0.29, 0.717) is 12.1 Å². The maximum absolute atomic E-state index is 13.9. The van der Waals surface area contributed by atoms with E-state index in [1.54, 1.807) is 25.3 Å². The van der Waals surface area contributed by atoms with Gasteiger partial charge in [-0.3, -0.25) is 9.59 Å². The zero-order valence-corrected chi connectivity index (χ0v) is 22.8. The fourth-order valence-corrected chi connectivity index (χ4v) is 6.18. The molecule has 3 aromatic rings. The van der Waals surface area contributed by atoms with E-state index in [4.69, 9.17) is 4.98 Å². The molecule has 1 aliphatic rings. The molecule has 0 spiro atoms. The molecule has 8 heteroatoms. The van der Waals surface area contributed by atoms with Gasteiger partial charge in [-0.1, -0.05) is 57.0 Å². The molecule has 0 saturated carbocycles. The quantitative estimate of drug-likeness (QED) is 0.415. The molecule has 4 rings (SSSR count). The zero-order chi connectivity index (χ0) is 26.5. The monoisotopic (exact) mass is 517 g/mol. The van der Waals surface area contributed by atoms with Crippen LogP contribution in [0, 0.1) is 17.2 Å². The Balaban J connectivity index is 1.63. The lowest BCUT2D eigenvalue weighted by atomic mass is 9.92.